The standard InChI is InChI=1S/C14H20O3/c1-10-6-5-9-14(2,3)11(10)7-8-12(15)13(16)17-4/h7-8H,5-6,9H2,1-4H3/b8-7+. The fourth-order valence-electron chi connectivity index (χ4n) is 2.34. The number of ketones is 1. The molecule has 1 aliphatic rings. The Balaban J connectivity index is 2.89. The third kappa shape index (κ3) is 3.29. The van der Waals surface area contributed by atoms with Gasteiger partial charge in [0, 0.05) is 0 Å². The number of rotatable bonds is 3. The van der Waals surface area contributed by atoms with Gasteiger partial charge in [0.25, 0.3) is 5.78 Å². The summed E-state index contributed by atoms with van der Waals surface area (Å²) in [7, 11) is 1.21. The predicted octanol–water partition coefficient (Wildman–Crippen LogP) is 2.81. The van der Waals surface area contributed by atoms with Gasteiger partial charge >= 0.3 is 5.97 Å². The molecule has 0 saturated heterocycles. The second kappa shape index (κ2) is 5.30. The molecule has 0 heterocycles. The fourth-order valence-corrected chi connectivity index (χ4v) is 2.34. The first-order valence-electron chi connectivity index (χ1n) is 5.89. The average Bonchev–Trinajstić information content (AvgIpc) is 2.26. The minimum atomic E-state index is -0.812. The van der Waals surface area contributed by atoms with Crippen molar-refractivity contribution in [2.45, 2.75) is 40.0 Å². The molecule has 94 valence electrons. The minimum absolute atomic E-state index is 0.0786. The quantitative estimate of drug-likeness (QED) is 0.430. The first-order chi connectivity index (χ1) is 7.88. The first-order valence-corrected chi connectivity index (χ1v) is 5.89. The van der Waals surface area contributed by atoms with Gasteiger partial charge in [-0.2, -0.15) is 0 Å². The van der Waals surface area contributed by atoms with Gasteiger partial charge in [-0.3, -0.25) is 4.79 Å². The Labute approximate surface area is 103 Å². The number of carbonyl (C=O) groups is 2. The minimum Gasteiger partial charge on any atom is -0.463 e. The lowest BCUT2D eigenvalue weighted by Crippen LogP contribution is -2.20. The van der Waals surface area contributed by atoms with Crippen LogP contribution in [0.1, 0.15) is 40.0 Å². The summed E-state index contributed by atoms with van der Waals surface area (Å²) in [4.78, 5) is 22.3. The molecule has 0 saturated carbocycles. The molecule has 0 bridgehead atoms. The van der Waals surface area contributed by atoms with Gasteiger partial charge in [0.05, 0.1) is 7.11 Å². The van der Waals surface area contributed by atoms with Crippen molar-refractivity contribution in [3.05, 3.63) is 23.3 Å². The van der Waals surface area contributed by atoms with Crippen LogP contribution in [0.2, 0.25) is 0 Å². The topological polar surface area (TPSA) is 43.4 Å². The van der Waals surface area contributed by atoms with E-state index in [0.29, 0.717) is 0 Å². The monoisotopic (exact) mass is 236 g/mol. The van der Waals surface area contributed by atoms with Crippen LogP contribution < -0.4 is 0 Å². The molecule has 17 heavy (non-hydrogen) atoms. The summed E-state index contributed by atoms with van der Waals surface area (Å²) in [5.74, 6) is -1.41. The molecular weight excluding hydrogens is 216 g/mol. The van der Waals surface area contributed by atoms with E-state index in [2.05, 4.69) is 25.5 Å². The van der Waals surface area contributed by atoms with Crippen LogP contribution in [0, 0.1) is 5.41 Å². The van der Waals surface area contributed by atoms with Crippen LogP contribution in [0.4, 0.5) is 0 Å². The number of esters is 1. The zero-order valence-corrected chi connectivity index (χ0v) is 11.0. The number of carbonyl (C=O) groups excluding carboxylic acids is 2. The molecule has 0 aliphatic heterocycles. The van der Waals surface area contributed by atoms with Gasteiger partial charge in [-0.1, -0.05) is 25.5 Å². The van der Waals surface area contributed by atoms with Gasteiger partial charge in [0.15, 0.2) is 0 Å². The summed E-state index contributed by atoms with van der Waals surface area (Å²) in [5.41, 5.74) is 2.55. The Bertz CT molecular complexity index is 386. The third-order valence-corrected chi connectivity index (χ3v) is 3.33. The Morgan fingerprint density at radius 1 is 1.35 bits per heavy atom. The second-order valence-electron chi connectivity index (χ2n) is 5.12. The van der Waals surface area contributed by atoms with E-state index >= 15 is 0 Å². The van der Waals surface area contributed by atoms with Crippen molar-refractivity contribution in [1.29, 1.82) is 0 Å². The van der Waals surface area contributed by atoms with Crippen molar-refractivity contribution in [2.75, 3.05) is 7.11 Å². The molecule has 0 aromatic carbocycles. The summed E-state index contributed by atoms with van der Waals surface area (Å²) >= 11 is 0. The lowest BCUT2D eigenvalue weighted by atomic mass is 9.72. The normalized spacial score (nSPS) is 19.5. The molecule has 0 aromatic rings. The second-order valence-corrected chi connectivity index (χ2v) is 5.12. The molecule has 3 nitrogen and oxygen atoms in total. The van der Waals surface area contributed by atoms with Gasteiger partial charge in [-0.05, 0) is 43.3 Å². The molecule has 0 fully saturated rings. The smallest absolute Gasteiger partial charge is 0.378 e. The molecule has 0 aromatic heterocycles. The summed E-state index contributed by atoms with van der Waals surface area (Å²) in [6, 6.07) is 0. The molecule has 0 spiro atoms. The van der Waals surface area contributed by atoms with Crippen molar-refractivity contribution in [2.24, 2.45) is 5.41 Å². The van der Waals surface area contributed by atoms with E-state index < -0.39 is 11.8 Å². The number of allylic oxidation sites excluding steroid dienone is 3. The van der Waals surface area contributed by atoms with Crippen molar-refractivity contribution >= 4 is 11.8 Å². The van der Waals surface area contributed by atoms with Crippen LogP contribution in [-0.2, 0) is 14.3 Å². The zero-order chi connectivity index (χ0) is 13.1. The van der Waals surface area contributed by atoms with Crippen molar-refractivity contribution < 1.29 is 14.3 Å². The van der Waals surface area contributed by atoms with E-state index in [0.717, 1.165) is 12.8 Å². The van der Waals surface area contributed by atoms with Gasteiger partial charge in [0.2, 0.25) is 0 Å². The number of methoxy groups -OCH3 is 1. The summed E-state index contributed by atoms with van der Waals surface area (Å²) in [6.45, 7) is 6.42. The Kier molecular flexibility index (Phi) is 4.27. The maximum absolute atomic E-state index is 11.4. The van der Waals surface area contributed by atoms with Crippen molar-refractivity contribution in [3.8, 4) is 0 Å². The number of hydrogen-bond donors (Lipinski definition) is 0. The van der Waals surface area contributed by atoms with E-state index in [4.69, 9.17) is 0 Å². The summed E-state index contributed by atoms with van der Waals surface area (Å²) in [6.07, 6.45) is 6.44. The maximum atomic E-state index is 11.4. The molecule has 0 N–H and O–H groups in total. The molecule has 1 aliphatic carbocycles. The molecule has 1 rings (SSSR count). The molecular formula is C14H20O3. The summed E-state index contributed by atoms with van der Waals surface area (Å²) in [5, 5.41) is 0. The maximum Gasteiger partial charge on any atom is 0.378 e. The number of ether oxygens (including phenoxy) is 1. The van der Waals surface area contributed by atoms with Crippen molar-refractivity contribution in [3.63, 3.8) is 0 Å². The Hall–Kier alpha value is -1.38. The fraction of sp³-hybridized carbons (Fsp3) is 0.571. The van der Waals surface area contributed by atoms with E-state index in [1.54, 1.807) is 6.08 Å². The molecule has 0 radical (unpaired) electrons. The van der Waals surface area contributed by atoms with Crippen LogP contribution in [0.3, 0.4) is 0 Å². The van der Waals surface area contributed by atoms with Gasteiger partial charge < -0.3 is 4.74 Å². The van der Waals surface area contributed by atoms with Crippen molar-refractivity contribution in [1.82, 2.24) is 0 Å². The molecule has 0 atom stereocenters. The third-order valence-electron chi connectivity index (χ3n) is 3.33. The van der Waals surface area contributed by atoms with E-state index in [1.807, 2.05) is 0 Å². The molecule has 0 unspecified atom stereocenters. The van der Waals surface area contributed by atoms with Crippen LogP contribution in [-0.4, -0.2) is 18.9 Å². The molecule has 0 amide bonds. The van der Waals surface area contributed by atoms with E-state index in [-0.39, 0.29) is 5.41 Å². The predicted molar refractivity (Wildman–Crippen MR) is 66.5 cm³/mol. The van der Waals surface area contributed by atoms with Crippen LogP contribution in [0.5, 0.6) is 0 Å². The highest BCUT2D eigenvalue weighted by Crippen LogP contribution is 2.40. The zero-order valence-electron chi connectivity index (χ0n) is 11.0. The largest absolute Gasteiger partial charge is 0.463 e. The van der Waals surface area contributed by atoms with Gasteiger partial charge in [0.1, 0.15) is 0 Å². The molecule has 3 heteroatoms. The van der Waals surface area contributed by atoms with E-state index in [1.165, 1.54) is 30.8 Å². The Morgan fingerprint density at radius 2 is 2.00 bits per heavy atom. The lowest BCUT2D eigenvalue weighted by Gasteiger charge is -2.32. The number of hydrogen-bond acceptors (Lipinski definition) is 3. The lowest BCUT2D eigenvalue weighted by molar-refractivity contribution is -0.149. The van der Waals surface area contributed by atoms with Crippen LogP contribution >= 0.6 is 0 Å². The average molecular weight is 236 g/mol. The highest BCUT2D eigenvalue weighted by Gasteiger charge is 2.26. The van der Waals surface area contributed by atoms with Gasteiger partial charge in [-0.25, -0.2) is 4.79 Å². The summed E-state index contributed by atoms with van der Waals surface area (Å²) < 4.78 is 4.37. The highest BCUT2D eigenvalue weighted by atomic mass is 16.5. The highest BCUT2D eigenvalue weighted by molar-refractivity contribution is 6.38. The Morgan fingerprint density at radius 3 is 2.53 bits per heavy atom. The SMILES string of the molecule is COC(=O)C(=O)/C=C/C1=C(C)CCCC1(C)C. The van der Waals surface area contributed by atoms with Gasteiger partial charge in [-0.15, -0.1) is 0 Å². The van der Waals surface area contributed by atoms with E-state index in [9.17, 15) is 9.59 Å². The van der Waals surface area contributed by atoms with Crippen LogP contribution in [0.15, 0.2) is 23.3 Å². The van der Waals surface area contributed by atoms with Crippen LogP contribution in [0.25, 0.3) is 0 Å². The first kappa shape index (κ1) is 13.7.